The molecule has 8 aromatic rings. The molecule has 0 radical (unpaired) electrons. The summed E-state index contributed by atoms with van der Waals surface area (Å²) in [6.07, 6.45) is 0. The summed E-state index contributed by atoms with van der Waals surface area (Å²) in [7, 11) is -1.19. The number of aryl methyl sites for hydroxylation is 6. The first-order valence-corrected chi connectivity index (χ1v) is 34.1. The first kappa shape index (κ1) is 89.9. The SMILES string of the molecule is C.COCCOCC(=O)O.COCCOCCOCC(=O)OCc1cc(-c2cc(C)c(C)c(C)c2)cc(C)c1Oc1ccc(S(=O)(=O)c2ccc(OC)cc2)cc1.COc1ccc(S(=O)(=O)c2ccc(Oc3c(C)cc(-c4cc(C)c(C)c(C)c4)cc3CBr)cc2)cc1.O=CO[O-].[H-].[K+].[K+]. The number of esters is 1. The molecule has 0 aliphatic heterocycles. The van der Waals surface area contributed by atoms with Crippen LogP contribution in [0.15, 0.2) is 165 Å². The number of hydrogen-bond acceptors (Lipinski definition) is 19. The number of ether oxygens (including phenoxy) is 10. The van der Waals surface area contributed by atoms with Gasteiger partial charge in [0, 0.05) is 30.7 Å². The average molecular weight is 1520 g/mol. The van der Waals surface area contributed by atoms with E-state index in [-0.39, 0.29) is 164 Å². The van der Waals surface area contributed by atoms with Gasteiger partial charge in [-0.3, -0.25) is 4.79 Å². The summed E-state index contributed by atoms with van der Waals surface area (Å²) < 4.78 is 106. The van der Waals surface area contributed by atoms with Crippen molar-refractivity contribution in [3.8, 4) is 56.8 Å². The Morgan fingerprint density at radius 1 is 0.465 bits per heavy atom. The number of hydrogen-bond donors (Lipinski definition) is 1. The third kappa shape index (κ3) is 27.8. The van der Waals surface area contributed by atoms with Crippen LogP contribution in [0.25, 0.3) is 22.3 Å². The third-order valence-corrected chi connectivity index (χ3v) is 19.1. The van der Waals surface area contributed by atoms with Crippen molar-refractivity contribution in [2.45, 2.75) is 94.3 Å². The van der Waals surface area contributed by atoms with Crippen molar-refractivity contribution >= 4 is 54.0 Å². The Labute approximate surface area is 677 Å². The maximum absolute atomic E-state index is 13.2. The van der Waals surface area contributed by atoms with Gasteiger partial charge in [0.25, 0.3) is 6.47 Å². The van der Waals surface area contributed by atoms with Crippen LogP contribution in [0.2, 0.25) is 0 Å². The van der Waals surface area contributed by atoms with Gasteiger partial charge in [-0.05, 0) is 243 Å². The average Bonchev–Trinajstić information content (AvgIpc) is 0.809. The molecule has 0 unspecified atom stereocenters. The standard InChI is InChI=1S/C37H42O9S.C30H29BrO4S.C5H10O4.CH2O3.CH4.2K.H/c1-25-19-29(20-26(2)28(25)4)30-21-27(3)37(31(22-30)23-45-36(38)24-44-18-17-43-16-15-41-5)46-33-9-13-35(14-10-33)47(39,40)34-11-7-32(42-6)8-12-34;1-19-14-23(15-20(2)22(19)4)24-16-21(3)30(25(17-24)18-31)35-27-8-12-29(13-9-27)36(32,33)28-10-6-26(34-5)7-11-28;1-8-2-3-9-4-5(6)7;2-1-4-3;;;;/h7-14,19-22H,15-18,23-24H2,1-6H3;6-17H,18H2,1-5H3;2-4H2,1H3,(H,6,7);1,3H;1H4;;;/q;;;;;2*+1;-1/p-1. The number of alkyl halides is 1. The molecule has 0 bridgehead atoms. The summed E-state index contributed by atoms with van der Waals surface area (Å²) in [5.41, 5.74) is 15.3. The topological polar surface area (TPSA) is 264 Å². The second-order valence-corrected chi connectivity index (χ2v) is 26.1. The molecular weight excluding hydrogens is 1430 g/mol. The van der Waals surface area contributed by atoms with E-state index in [1.54, 1.807) is 87.0 Å². The Bertz CT molecular complexity index is 4040. The van der Waals surface area contributed by atoms with Crippen molar-refractivity contribution in [2.24, 2.45) is 0 Å². The van der Waals surface area contributed by atoms with E-state index in [9.17, 15) is 26.4 Å². The van der Waals surface area contributed by atoms with Gasteiger partial charge in [-0.25, -0.2) is 26.4 Å². The molecule has 0 aliphatic rings. The predicted molar refractivity (Wildman–Crippen MR) is 373 cm³/mol. The molecule has 0 spiro atoms. The van der Waals surface area contributed by atoms with E-state index in [4.69, 9.17) is 53.1 Å². The summed E-state index contributed by atoms with van der Waals surface area (Å²) in [4.78, 5) is 34.3. The van der Waals surface area contributed by atoms with Crippen molar-refractivity contribution < 1.29 is 198 Å². The van der Waals surface area contributed by atoms with Crippen LogP contribution in [0, 0.1) is 55.4 Å². The van der Waals surface area contributed by atoms with Crippen molar-refractivity contribution in [3.05, 3.63) is 201 Å². The van der Waals surface area contributed by atoms with Crippen LogP contribution in [0.1, 0.15) is 64.5 Å². The second-order valence-electron chi connectivity index (χ2n) is 21.6. The normalized spacial score (nSPS) is 10.6. The fourth-order valence-electron chi connectivity index (χ4n) is 9.34. The number of carbonyl (C=O) groups is 3. The Morgan fingerprint density at radius 3 is 1.11 bits per heavy atom. The van der Waals surface area contributed by atoms with Crippen LogP contribution >= 0.6 is 15.9 Å². The maximum Gasteiger partial charge on any atom is 1.00 e. The van der Waals surface area contributed by atoms with Crippen LogP contribution < -0.4 is 127 Å². The maximum atomic E-state index is 13.2. The molecule has 0 aliphatic carbocycles. The molecule has 99 heavy (non-hydrogen) atoms. The first-order valence-electron chi connectivity index (χ1n) is 30.0. The quantitative estimate of drug-likeness (QED) is 0.00885. The van der Waals surface area contributed by atoms with E-state index < -0.39 is 31.6 Å². The summed E-state index contributed by atoms with van der Waals surface area (Å²) in [5, 5.41) is 17.1. The number of sulfone groups is 2. The number of carboxylic acid groups (broad SMARTS) is 1. The zero-order valence-electron chi connectivity index (χ0n) is 58.9. The van der Waals surface area contributed by atoms with Gasteiger partial charge >= 0.3 is 115 Å². The van der Waals surface area contributed by atoms with Gasteiger partial charge < -0.3 is 64.0 Å². The Kier molecular flexibility index (Phi) is 41.5. The number of rotatable bonds is 29. The Morgan fingerprint density at radius 2 is 0.768 bits per heavy atom. The fraction of sp³-hybridized carbons (Fsp3) is 0.311. The van der Waals surface area contributed by atoms with E-state index >= 15 is 0 Å². The molecule has 0 amide bonds. The Balaban J connectivity index is 0.000000836. The minimum absolute atomic E-state index is 0. The summed E-state index contributed by atoms with van der Waals surface area (Å²) in [6, 6.07) is 42.3. The molecule has 0 fully saturated rings. The molecule has 25 heteroatoms. The van der Waals surface area contributed by atoms with Crippen molar-refractivity contribution in [2.75, 3.05) is 81.3 Å². The zero-order chi connectivity index (χ0) is 70.5. The molecular formula is C74H87BrK2O20S2. The summed E-state index contributed by atoms with van der Waals surface area (Å²) in [6.45, 7) is 18.2. The van der Waals surface area contributed by atoms with Gasteiger partial charge in [0.05, 0.1) is 73.4 Å². The van der Waals surface area contributed by atoms with E-state index in [0.29, 0.717) is 72.7 Å². The largest absolute Gasteiger partial charge is 1.00 e. The number of methoxy groups -OCH3 is 4. The second kappa shape index (κ2) is 45.7. The number of aliphatic carboxylic acids is 1. The van der Waals surface area contributed by atoms with Gasteiger partial charge in [-0.2, -0.15) is 0 Å². The van der Waals surface area contributed by atoms with E-state index in [0.717, 1.165) is 39.1 Å². The van der Waals surface area contributed by atoms with E-state index in [1.165, 1.54) is 77.4 Å². The fourth-order valence-corrected chi connectivity index (χ4v) is 12.3. The molecule has 0 aromatic heterocycles. The van der Waals surface area contributed by atoms with Crippen LogP contribution in [0.3, 0.4) is 0 Å². The van der Waals surface area contributed by atoms with E-state index in [2.05, 4.69) is 108 Å². The number of benzene rings is 8. The first-order chi connectivity index (χ1) is 45.8. The van der Waals surface area contributed by atoms with Crippen molar-refractivity contribution in [1.82, 2.24) is 0 Å². The van der Waals surface area contributed by atoms with Crippen molar-refractivity contribution in [1.29, 1.82) is 0 Å². The van der Waals surface area contributed by atoms with Crippen LogP contribution in [0.4, 0.5) is 0 Å². The molecule has 0 saturated heterocycles. The van der Waals surface area contributed by atoms with Crippen LogP contribution in [-0.4, -0.2) is 122 Å². The van der Waals surface area contributed by atoms with Crippen molar-refractivity contribution in [3.63, 3.8) is 0 Å². The predicted octanol–water partition coefficient (Wildman–Crippen LogP) is 7.98. The summed E-state index contributed by atoms with van der Waals surface area (Å²) >= 11 is 3.61. The number of carbonyl (C=O) groups excluding carboxylic acids is 2. The minimum atomic E-state index is -3.74. The molecule has 0 saturated carbocycles. The van der Waals surface area contributed by atoms with Gasteiger partial charge in [-0.15, -0.1) is 0 Å². The summed E-state index contributed by atoms with van der Waals surface area (Å²) in [5.74, 6) is 1.98. The van der Waals surface area contributed by atoms with Crippen LogP contribution in [-0.2, 0) is 79.3 Å². The molecule has 0 atom stereocenters. The zero-order valence-corrected chi connectivity index (χ0v) is 67.4. The number of carboxylic acids is 1. The Hall–Kier alpha value is -5.22. The van der Waals surface area contributed by atoms with Gasteiger partial charge in [-0.1, -0.05) is 47.6 Å². The smallest absolute Gasteiger partial charge is 1.00 e. The third-order valence-electron chi connectivity index (χ3n) is 14.9. The minimum Gasteiger partial charge on any atom is -1.00 e. The number of halogens is 1. The molecule has 20 nitrogen and oxygen atoms in total. The van der Waals surface area contributed by atoms with Gasteiger partial charge in [0.2, 0.25) is 19.7 Å². The van der Waals surface area contributed by atoms with Gasteiger partial charge in [0.1, 0.15) is 54.3 Å². The molecule has 0 heterocycles. The molecule has 8 rings (SSSR count). The molecule has 524 valence electrons. The monoisotopic (exact) mass is 1520 g/mol. The van der Waals surface area contributed by atoms with E-state index in [1.807, 2.05) is 26.0 Å². The van der Waals surface area contributed by atoms with Gasteiger partial charge in [0.15, 0.2) is 0 Å². The van der Waals surface area contributed by atoms with Crippen LogP contribution in [0.5, 0.6) is 34.5 Å². The molecule has 8 aromatic carbocycles. The molecule has 1 N–H and O–H groups in total.